The number of carbonyl (C=O) groups is 1. The van der Waals surface area contributed by atoms with E-state index < -0.39 is 12.1 Å². The van der Waals surface area contributed by atoms with Gasteiger partial charge in [0.1, 0.15) is 0 Å². The third-order valence-corrected chi connectivity index (χ3v) is 6.07. The van der Waals surface area contributed by atoms with Crippen LogP contribution in [0, 0.1) is 0 Å². The summed E-state index contributed by atoms with van der Waals surface area (Å²) in [5, 5.41) is 12.7. The van der Waals surface area contributed by atoms with E-state index in [0.29, 0.717) is 19.6 Å². The highest BCUT2D eigenvalue weighted by Gasteiger charge is 2.19. The third kappa shape index (κ3) is 7.81. The first kappa shape index (κ1) is 24.6. The van der Waals surface area contributed by atoms with Gasteiger partial charge in [0.25, 0.3) is 0 Å². The maximum atomic E-state index is 11.3. The molecule has 4 nitrogen and oxygen atoms in total. The molecule has 0 aliphatic rings. The summed E-state index contributed by atoms with van der Waals surface area (Å²) in [6.45, 7) is 2.90. The molecule has 2 N–H and O–H groups in total. The van der Waals surface area contributed by atoms with Crippen molar-refractivity contribution in [1.29, 1.82) is 0 Å². The van der Waals surface area contributed by atoms with Crippen molar-refractivity contribution in [1.82, 2.24) is 5.32 Å². The Labute approximate surface area is 201 Å². The van der Waals surface area contributed by atoms with Crippen molar-refractivity contribution in [2.45, 2.75) is 44.8 Å². The van der Waals surface area contributed by atoms with E-state index in [1.165, 1.54) is 16.7 Å². The largest absolute Gasteiger partial charge is 0.479 e. The zero-order valence-corrected chi connectivity index (χ0v) is 19.8. The first-order chi connectivity index (χ1) is 16.1. The lowest BCUT2D eigenvalue weighted by Crippen LogP contribution is -2.27. The summed E-state index contributed by atoms with van der Waals surface area (Å²) in [5.41, 5.74) is 4.57. The second-order valence-electron chi connectivity index (χ2n) is 8.01. The van der Waals surface area contributed by atoms with Gasteiger partial charge in [0.2, 0.25) is 0 Å². The van der Waals surface area contributed by atoms with E-state index in [1.807, 2.05) is 48.5 Å². The van der Waals surface area contributed by atoms with Crippen LogP contribution >= 0.6 is 12.2 Å². The van der Waals surface area contributed by atoms with Gasteiger partial charge in [0.15, 0.2) is 6.10 Å². The lowest BCUT2D eigenvalue weighted by atomic mass is 9.91. The van der Waals surface area contributed by atoms with Crippen LogP contribution in [0.2, 0.25) is 0 Å². The molecule has 0 radical (unpaired) electrons. The summed E-state index contributed by atoms with van der Waals surface area (Å²) in [5.74, 6) is -0.804. The molecule has 2 atom stereocenters. The molecular formula is C28H31NO3S. The van der Waals surface area contributed by atoms with Crippen LogP contribution in [0.4, 0.5) is 0 Å². The average Bonchev–Trinajstić information content (AvgIpc) is 2.85. The number of ether oxygens (including phenoxy) is 1. The minimum atomic E-state index is -0.928. The zero-order chi connectivity index (χ0) is 23.5. The molecule has 0 aliphatic heterocycles. The number of nitrogens with one attached hydrogen (secondary N) is 1. The van der Waals surface area contributed by atoms with Gasteiger partial charge in [-0.25, -0.2) is 4.79 Å². The van der Waals surface area contributed by atoms with E-state index >= 15 is 0 Å². The number of hydrogen-bond acceptors (Lipinski definition) is 3. The van der Waals surface area contributed by atoms with Gasteiger partial charge in [-0.1, -0.05) is 97.1 Å². The average molecular weight is 462 g/mol. The monoisotopic (exact) mass is 461 g/mol. The first-order valence-electron chi connectivity index (χ1n) is 11.4. The van der Waals surface area contributed by atoms with E-state index in [2.05, 4.69) is 41.7 Å². The van der Waals surface area contributed by atoms with Crippen LogP contribution in [0.1, 0.15) is 41.5 Å². The molecular weight excluding hydrogens is 430 g/mol. The Bertz CT molecular complexity index is 1010. The lowest BCUT2D eigenvalue weighted by molar-refractivity contribution is -0.149. The molecule has 0 unspecified atom stereocenters. The molecule has 33 heavy (non-hydrogen) atoms. The molecule has 0 aliphatic carbocycles. The first-order valence-corrected chi connectivity index (χ1v) is 11.8. The maximum Gasteiger partial charge on any atom is 0.333 e. The summed E-state index contributed by atoms with van der Waals surface area (Å²) in [6.07, 6.45) is 1.32. The van der Waals surface area contributed by atoms with Gasteiger partial charge in [0.05, 0.1) is 4.99 Å². The number of hydrogen-bond donors (Lipinski definition) is 2. The van der Waals surface area contributed by atoms with Crippen LogP contribution in [0.15, 0.2) is 84.9 Å². The summed E-state index contributed by atoms with van der Waals surface area (Å²) in [7, 11) is 0. The number of carboxylic acid groups (broad SMARTS) is 1. The highest BCUT2D eigenvalue weighted by atomic mass is 32.1. The van der Waals surface area contributed by atoms with Crippen molar-refractivity contribution >= 4 is 23.2 Å². The highest BCUT2D eigenvalue weighted by molar-refractivity contribution is 7.80. The maximum absolute atomic E-state index is 11.3. The van der Waals surface area contributed by atoms with E-state index in [9.17, 15) is 9.90 Å². The topological polar surface area (TPSA) is 58.6 Å². The van der Waals surface area contributed by atoms with E-state index in [-0.39, 0.29) is 5.92 Å². The molecule has 0 bridgehead atoms. The van der Waals surface area contributed by atoms with Gasteiger partial charge in [-0.05, 0) is 42.0 Å². The predicted octanol–water partition coefficient (Wildman–Crippen LogP) is 5.55. The quantitative estimate of drug-likeness (QED) is 0.346. The van der Waals surface area contributed by atoms with Gasteiger partial charge >= 0.3 is 5.97 Å². The second kappa shape index (κ2) is 12.9. The minimum Gasteiger partial charge on any atom is -0.479 e. The van der Waals surface area contributed by atoms with Crippen LogP contribution in [0.25, 0.3) is 0 Å². The van der Waals surface area contributed by atoms with Crippen LogP contribution in [0.3, 0.4) is 0 Å². The van der Waals surface area contributed by atoms with Crippen molar-refractivity contribution in [3.63, 3.8) is 0 Å². The smallest absolute Gasteiger partial charge is 0.333 e. The molecule has 3 aromatic carbocycles. The summed E-state index contributed by atoms with van der Waals surface area (Å²) in [4.78, 5) is 12.2. The fourth-order valence-electron chi connectivity index (χ4n) is 3.83. The van der Waals surface area contributed by atoms with E-state index in [1.54, 1.807) is 6.92 Å². The molecule has 3 rings (SSSR count). The van der Waals surface area contributed by atoms with Gasteiger partial charge in [0, 0.05) is 25.5 Å². The second-order valence-corrected chi connectivity index (χ2v) is 8.45. The molecule has 0 saturated heterocycles. The number of aryl methyl sites for hydroxylation is 1. The fourth-order valence-corrected chi connectivity index (χ4v) is 4.15. The highest BCUT2D eigenvalue weighted by Crippen LogP contribution is 2.24. The van der Waals surface area contributed by atoms with Crippen LogP contribution in [-0.4, -0.2) is 28.8 Å². The Morgan fingerprint density at radius 3 is 2.12 bits per heavy atom. The molecule has 0 saturated carbocycles. The Balaban J connectivity index is 1.63. The molecule has 5 heteroatoms. The fraction of sp³-hybridized carbons (Fsp3) is 0.286. The summed E-state index contributed by atoms with van der Waals surface area (Å²) in [6, 6.07) is 28.8. The Morgan fingerprint density at radius 2 is 1.52 bits per heavy atom. The molecule has 3 aromatic rings. The number of rotatable bonds is 12. The Morgan fingerprint density at radius 1 is 0.909 bits per heavy atom. The van der Waals surface area contributed by atoms with Crippen molar-refractivity contribution in [2.24, 2.45) is 0 Å². The van der Waals surface area contributed by atoms with Crippen molar-refractivity contribution in [3.05, 3.63) is 107 Å². The normalized spacial score (nSPS) is 12.6. The number of thiocarbonyl (C=S) groups is 1. The van der Waals surface area contributed by atoms with Crippen LogP contribution < -0.4 is 5.32 Å². The molecule has 172 valence electrons. The predicted molar refractivity (Wildman–Crippen MR) is 137 cm³/mol. The molecule has 0 aromatic heterocycles. The SMILES string of the molecule is CCO[C@@H](Cc1ccc(CC[C@@H](C(=S)NCc2ccccc2)c2ccccc2)cc1)C(=O)O. The third-order valence-electron chi connectivity index (χ3n) is 5.64. The van der Waals surface area contributed by atoms with Crippen LogP contribution in [-0.2, 0) is 28.9 Å². The molecule has 0 spiro atoms. The van der Waals surface area contributed by atoms with Crippen LogP contribution in [0.5, 0.6) is 0 Å². The van der Waals surface area contributed by atoms with E-state index in [4.69, 9.17) is 17.0 Å². The number of aliphatic carboxylic acids is 1. The Hall–Kier alpha value is -3.02. The van der Waals surface area contributed by atoms with Gasteiger partial charge in [-0.3, -0.25) is 0 Å². The lowest BCUT2D eigenvalue weighted by Gasteiger charge is -2.20. The standard InChI is InChI=1S/C28H31NO3S/c1-2-32-26(28(30)31)19-22-15-13-21(14-16-22)17-18-25(24-11-7-4-8-12-24)27(33)29-20-23-9-5-3-6-10-23/h3-16,25-26H,2,17-20H2,1H3,(H,29,33)(H,30,31)/t25-,26+/m1/s1. The van der Waals surface area contributed by atoms with Crippen molar-refractivity contribution in [2.75, 3.05) is 6.61 Å². The number of carboxylic acids is 1. The number of benzene rings is 3. The van der Waals surface area contributed by atoms with Gasteiger partial charge in [-0.2, -0.15) is 0 Å². The van der Waals surface area contributed by atoms with Crippen molar-refractivity contribution in [3.8, 4) is 0 Å². The summed E-state index contributed by atoms with van der Waals surface area (Å²) >= 11 is 5.81. The molecule has 0 heterocycles. The van der Waals surface area contributed by atoms with Gasteiger partial charge < -0.3 is 15.2 Å². The van der Waals surface area contributed by atoms with Crippen molar-refractivity contribution < 1.29 is 14.6 Å². The van der Waals surface area contributed by atoms with E-state index in [0.717, 1.165) is 23.4 Å². The zero-order valence-electron chi connectivity index (χ0n) is 18.9. The molecule has 0 amide bonds. The Kier molecular flexibility index (Phi) is 9.60. The summed E-state index contributed by atoms with van der Waals surface area (Å²) < 4.78 is 5.33. The molecule has 0 fully saturated rings. The minimum absolute atomic E-state index is 0.124. The van der Waals surface area contributed by atoms with Gasteiger partial charge in [-0.15, -0.1) is 0 Å².